The highest BCUT2D eigenvalue weighted by Crippen LogP contribution is 2.15. The highest BCUT2D eigenvalue weighted by atomic mass is 16.5. The second-order valence-corrected chi connectivity index (χ2v) is 6.15. The first-order valence-corrected chi connectivity index (χ1v) is 8.18. The molecule has 2 aliphatic heterocycles. The third kappa shape index (κ3) is 3.40. The summed E-state index contributed by atoms with van der Waals surface area (Å²) >= 11 is 0. The van der Waals surface area contributed by atoms with Gasteiger partial charge in [0, 0.05) is 46.1 Å². The molecule has 3 heterocycles. The first kappa shape index (κ1) is 15.3. The lowest BCUT2D eigenvalue weighted by Crippen LogP contribution is -2.41. The summed E-state index contributed by atoms with van der Waals surface area (Å²) in [5, 5.41) is 12.0. The van der Waals surface area contributed by atoms with Crippen LogP contribution in [0.3, 0.4) is 0 Å². The molecule has 0 saturated carbocycles. The van der Waals surface area contributed by atoms with Crippen LogP contribution >= 0.6 is 0 Å². The van der Waals surface area contributed by atoms with E-state index < -0.39 is 0 Å². The van der Waals surface area contributed by atoms with Crippen molar-refractivity contribution in [2.75, 3.05) is 33.9 Å². The highest BCUT2D eigenvalue weighted by Gasteiger charge is 2.20. The summed E-state index contributed by atoms with van der Waals surface area (Å²) in [6.45, 7) is 4.42. The minimum atomic E-state index is 0.601. The Hall–Kier alpha value is -1.63. The number of aromatic nitrogens is 3. The predicted molar refractivity (Wildman–Crippen MR) is 84.7 cm³/mol. The number of aryl methyl sites for hydroxylation is 1. The van der Waals surface area contributed by atoms with Gasteiger partial charge in [-0.1, -0.05) is 0 Å². The molecule has 1 atom stereocenters. The zero-order valence-corrected chi connectivity index (χ0v) is 13.6. The van der Waals surface area contributed by atoms with Gasteiger partial charge in [-0.2, -0.15) is 0 Å². The zero-order valence-electron chi connectivity index (χ0n) is 13.6. The summed E-state index contributed by atoms with van der Waals surface area (Å²) in [6, 6.07) is 0. The Bertz CT molecular complexity index is 520. The van der Waals surface area contributed by atoms with Crippen LogP contribution in [-0.2, 0) is 24.2 Å². The van der Waals surface area contributed by atoms with Gasteiger partial charge in [0.05, 0.1) is 13.2 Å². The van der Waals surface area contributed by atoms with Crippen molar-refractivity contribution >= 4 is 5.96 Å². The van der Waals surface area contributed by atoms with Crippen LogP contribution in [0.4, 0.5) is 0 Å². The molecule has 0 radical (unpaired) electrons. The number of nitrogens with zero attached hydrogens (tertiary/aromatic N) is 5. The fourth-order valence-electron chi connectivity index (χ4n) is 3.24. The Morgan fingerprint density at radius 3 is 3.14 bits per heavy atom. The molecule has 0 aromatic carbocycles. The zero-order chi connectivity index (χ0) is 15.4. The van der Waals surface area contributed by atoms with E-state index in [0.717, 1.165) is 56.8 Å². The molecule has 7 nitrogen and oxygen atoms in total. The molecule has 0 bridgehead atoms. The fraction of sp³-hybridized carbons (Fsp3) is 0.800. The topological polar surface area (TPSA) is 67.6 Å². The van der Waals surface area contributed by atoms with Crippen molar-refractivity contribution in [1.82, 2.24) is 25.0 Å². The van der Waals surface area contributed by atoms with Gasteiger partial charge >= 0.3 is 0 Å². The second kappa shape index (κ2) is 7.09. The molecule has 7 heteroatoms. The van der Waals surface area contributed by atoms with Gasteiger partial charge in [-0.3, -0.25) is 4.99 Å². The van der Waals surface area contributed by atoms with E-state index in [1.165, 1.54) is 12.8 Å². The summed E-state index contributed by atoms with van der Waals surface area (Å²) in [5.41, 5.74) is 0. The number of guanidine groups is 1. The van der Waals surface area contributed by atoms with Gasteiger partial charge in [-0.25, -0.2) is 0 Å². The maximum Gasteiger partial charge on any atom is 0.193 e. The first-order chi connectivity index (χ1) is 10.8. The van der Waals surface area contributed by atoms with Crippen LogP contribution in [0.25, 0.3) is 0 Å². The third-order valence-corrected chi connectivity index (χ3v) is 4.47. The monoisotopic (exact) mass is 306 g/mol. The SMILES string of the molecule is CN=C(NCc1nnc2n1CCCC2)N(C)CC1CCOC1. The van der Waals surface area contributed by atoms with E-state index in [1.807, 2.05) is 7.05 Å². The van der Waals surface area contributed by atoms with Crippen LogP contribution in [0.2, 0.25) is 0 Å². The average molecular weight is 306 g/mol. The van der Waals surface area contributed by atoms with Crippen LogP contribution in [0, 0.1) is 5.92 Å². The van der Waals surface area contributed by atoms with Crippen molar-refractivity contribution in [3.63, 3.8) is 0 Å². The van der Waals surface area contributed by atoms with Crippen molar-refractivity contribution in [2.45, 2.75) is 38.8 Å². The first-order valence-electron chi connectivity index (χ1n) is 8.18. The molecule has 1 saturated heterocycles. The second-order valence-electron chi connectivity index (χ2n) is 6.15. The molecular formula is C15H26N6O. The van der Waals surface area contributed by atoms with Crippen LogP contribution in [0.1, 0.15) is 30.9 Å². The van der Waals surface area contributed by atoms with Gasteiger partial charge < -0.3 is 19.5 Å². The van der Waals surface area contributed by atoms with Crippen molar-refractivity contribution < 1.29 is 4.74 Å². The normalized spacial score (nSPS) is 21.7. The standard InChI is InChI=1S/C15H26N6O/c1-16-15(20(2)10-12-6-8-22-11-12)17-9-14-19-18-13-5-3-4-7-21(13)14/h12H,3-11H2,1-2H3,(H,16,17). The molecule has 0 amide bonds. The number of aliphatic imine (C=N–C) groups is 1. The number of rotatable bonds is 4. The Morgan fingerprint density at radius 2 is 2.36 bits per heavy atom. The Balaban J connectivity index is 1.55. The Kier molecular flexibility index (Phi) is 4.92. The number of fused-ring (bicyclic) bond motifs is 1. The molecule has 0 spiro atoms. The van der Waals surface area contributed by atoms with Gasteiger partial charge in [0.25, 0.3) is 0 Å². The lowest BCUT2D eigenvalue weighted by molar-refractivity contribution is 0.181. The average Bonchev–Trinajstić information content (AvgIpc) is 3.18. The molecule has 2 aliphatic rings. The largest absolute Gasteiger partial charge is 0.381 e. The number of hydrogen-bond donors (Lipinski definition) is 1. The van der Waals surface area contributed by atoms with Gasteiger partial charge in [0.2, 0.25) is 0 Å². The van der Waals surface area contributed by atoms with Gasteiger partial charge in [0.15, 0.2) is 11.8 Å². The molecular weight excluding hydrogens is 280 g/mol. The summed E-state index contributed by atoms with van der Waals surface area (Å²) in [7, 11) is 3.90. The highest BCUT2D eigenvalue weighted by molar-refractivity contribution is 5.79. The quantitative estimate of drug-likeness (QED) is 0.654. The molecule has 22 heavy (non-hydrogen) atoms. The molecule has 1 unspecified atom stereocenters. The third-order valence-electron chi connectivity index (χ3n) is 4.47. The predicted octanol–water partition coefficient (Wildman–Crippen LogP) is 0.658. The molecule has 122 valence electrons. The molecule has 1 aromatic heterocycles. The van der Waals surface area contributed by atoms with Crippen LogP contribution < -0.4 is 5.32 Å². The number of nitrogens with one attached hydrogen (secondary N) is 1. The maximum atomic E-state index is 5.44. The minimum absolute atomic E-state index is 0.601. The van der Waals surface area contributed by atoms with Crippen molar-refractivity contribution in [2.24, 2.45) is 10.9 Å². The number of ether oxygens (including phenoxy) is 1. The Labute approximate surface area is 131 Å². The van der Waals surface area contributed by atoms with E-state index in [4.69, 9.17) is 4.74 Å². The van der Waals surface area contributed by atoms with Gasteiger partial charge in [-0.15, -0.1) is 10.2 Å². The molecule has 1 N–H and O–H groups in total. The van der Waals surface area contributed by atoms with Crippen molar-refractivity contribution in [3.8, 4) is 0 Å². The Morgan fingerprint density at radius 1 is 1.45 bits per heavy atom. The minimum Gasteiger partial charge on any atom is -0.381 e. The van der Waals surface area contributed by atoms with Crippen molar-refractivity contribution in [1.29, 1.82) is 0 Å². The summed E-state index contributed by atoms with van der Waals surface area (Å²) < 4.78 is 7.69. The van der Waals surface area contributed by atoms with Crippen LogP contribution in [0.15, 0.2) is 4.99 Å². The molecule has 3 rings (SSSR count). The van der Waals surface area contributed by atoms with Gasteiger partial charge in [-0.05, 0) is 19.3 Å². The van der Waals surface area contributed by atoms with E-state index in [1.54, 1.807) is 0 Å². The lowest BCUT2D eigenvalue weighted by Gasteiger charge is -2.24. The van der Waals surface area contributed by atoms with E-state index in [-0.39, 0.29) is 0 Å². The van der Waals surface area contributed by atoms with E-state index in [0.29, 0.717) is 12.5 Å². The van der Waals surface area contributed by atoms with Crippen LogP contribution in [-0.4, -0.2) is 59.5 Å². The van der Waals surface area contributed by atoms with Crippen molar-refractivity contribution in [3.05, 3.63) is 11.6 Å². The van der Waals surface area contributed by atoms with E-state index in [2.05, 4.69) is 37.0 Å². The fourth-order valence-corrected chi connectivity index (χ4v) is 3.24. The molecule has 1 aromatic rings. The van der Waals surface area contributed by atoms with E-state index in [9.17, 15) is 0 Å². The maximum absolute atomic E-state index is 5.44. The van der Waals surface area contributed by atoms with Gasteiger partial charge in [0.1, 0.15) is 5.82 Å². The smallest absolute Gasteiger partial charge is 0.193 e. The number of hydrogen-bond acceptors (Lipinski definition) is 4. The molecule has 0 aliphatic carbocycles. The summed E-state index contributed by atoms with van der Waals surface area (Å²) in [4.78, 5) is 6.55. The summed E-state index contributed by atoms with van der Waals surface area (Å²) in [5.74, 6) is 3.63. The lowest BCUT2D eigenvalue weighted by atomic mass is 10.1. The molecule has 1 fully saturated rings. The summed E-state index contributed by atoms with van der Waals surface area (Å²) in [6.07, 6.45) is 4.62. The van der Waals surface area contributed by atoms with Crippen LogP contribution in [0.5, 0.6) is 0 Å². The van der Waals surface area contributed by atoms with E-state index >= 15 is 0 Å².